The Morgan fingerprint density at radius 3 is 2.50 bits per heavy atom. The number of rotatable bonds is 3. The normalized spacial score (nSPS) is 27.7. The summed E-state index contributed by atoms with van der Waals surface area (Å²) in [4.78, 5) is 22.1. The number of primary amides is 1. The van der Waals surface area contributed by atoms with Crippen LogP contribution in [0.1, 0.15) is 30.7 Å². The minimum Gasteiger partial charge on any atom is -0.369 e. The van der Waals surface area contributed by atoms with Crippen molar-refractivity contribution in [1.82, 2.24) is 0 Å². The molecule has 3 unspecified atom stereocenters. The number of carbonyl (C=O) groups excluding carboxylic acids is 1. The SMILES string of the molecule is NC(=O)C1CCC([N+](=O)[O-])C(c2ccccc2)C1. The molecule has 5 heteroatoms. The van der Waals surface area contributed by atoms with Gasteiger partial charge in [-0.15, -0.1) is 0 Å². The highest BCUT2D eigenvalue weighted by atomic mass is 16.6. The third-order valence-corrected chi connectivity index (χ3v) is 3.71. The van der Waals surface area contributed by atoms with Crippen molar-refractivity contribution in [3.8, 4) is 0 Å². The number of nitro groups is 1. The Morgan fingerprint density at radius 1 is 1.28 bits per heavy atom. The summed E-state index contributed by atoms with van der Waals surface area (Å²) < 4.78 is 0. The maximum atomic E-state index is 11.3. The van der Waals surface area contributed by atoms with Gasteiger partial charge in [0, 0.05) is 17.3 Å². The van der Waals surface area contributed by atoms with Gasteiger partial charge in [0.2, 0.25) is 11.9 Å². The first-order valence-corrected chi connectivity index (χ1v) is 6.07. The second kappa shape index (κ2) is 5.16. The summed E-state index contributed by atoms with van der Waals surface area (Å²) in [6.45, 7) is 0. The first-order valence-electron chi connectivity index (χ1n) is 6.07. The van der Waals surface area contributed by atoms with Crippen LogP contribution in [-0.4, -0.2) is 16.9 Å². The maximum absolute atomic E-state index is 11.3. The molecule has 0 spiro atoms. The van der Waals surface area contributed by atoms with E-state index in [1.807, 2.05) is 30.3 Å². The van der Waals surface area contributed by atoms with Gasteiger partial charge in [-0.1, -0.05) is 30.3 Å². The van der Waals surface area contributed by atoms with E-state index < -0.39 is 6.04 Å². The third-order valence-electron chi connectivity index (χ3n) is 3.71. The van der Waals surface area contributed by atoms with Crippen LogP contribution in [0, 0.1) is 16.0 Å². The van der Waals surface area contributed by atoms with Crippen LogP contribution in [0.3, 0.4) is 0 Å². The zero-order chi connectivity index (χ0) is 13.1. The lowest BCUT2D eigenvalue weighted by Crippen LogP contribution is -2.38. The van der Waals surface area contributed by atoms with Crippen molar-refractivity contribution in [2.24, 2.45) is 11.7 Å². The number of amides is 1. The highest BCUT2D eigenvalue weighted by molar-refractivity contribution is 5.76. The highest BCUT2D eigenvalue weighted by Crippen LogP contribution is 2.37. The average Bonchev–Trinajstić information content (AvgIpc) is 2.39. The fourth-order valence-electron chi connectivity index (χ4n) is 2.72. The van der Waals surface area contributed by atoms with Crippen LogP contribution in [0.15, 0.2) is 30.3 Å². The van der Waals surface area contributed by atoms with E-state index in [9.17, 15) is 14.9 Å². The molecule has 1 aliphatic rings. The van der Waals surface area contributed by atoms with E-state index in [0.29, 0.717) is 19.3 Å². The molecular formula is C13H16N2O3. The quantitative estimate of drug-likeness (QED) is 0.652. The van der Waals surface area contributed by atoms with Crippen molar-refractivity contribution in [3.63, 3.8) is 0 Å². The Balaban J connectivity index is 2.25. The van der Waals surface area contributed by atoms with Crippen LogP contribution in [0.2, 0.25) is 0 Å². The molecule has 0 radical (unpaired) electrons. The zero-order valence-electron chi connectivity index (χ0n) is 9.99. The van der Waals surface area contributed by atoms with Crippen LogP contribution in [0.5, 0.6) is 0 Å². The molecule has 0 aliphatic heterocycles. The molecule has 96 valence electrons. The molecule has 0 bridgehead atoms. The van der Waals surface area contributed by atoms with Gasteiger partial charge in [-0.05, 0) is 18.4 Å². The lowest BCUT2D eigenvalue weighted by atomic mass is 9.74. The summed E-state index contributed by atoms with van der Waals surface area (Å²) in [5, 5.41) is 11.1. The number of carbonyl (C=O) groups is 1. The monoisotopic (exact) mass is 248 g/mol. The number of nitrogens with two attached hydrogens (primary N) is 1. The number of hydrogen-bond acceptors (Lipinski definition) is 3. The molecule has 1 aliphatic carbocycles. The Kier molecular flexibility index (Phi) is 3.60. The van der Waals surface area contributed by atoms with Gasteiger partial charge in [-0.2, -0.15) is 0 Å². The maximum Gasteiger partial charge on any atom is 0.220 e. The van der Waals surface area contributed by atoms with Crippen molar-refractivity contribution in [2.45, 2.75) is 31.2 Å². The topological polar surface area (TPSA) is 86.2 Å². The molecule has 0 heterocycles. The van der Waals surface area contributed by atoms with E-state index in [1.165, 1.54) is 0 Å². The van der Waals surface area contributed by atoms with Crippen LogP contribution < -0.4 is 5.73 Å². The Morgan fingerprint density at radius 2 is 1.94 bits per heavy atom. The van der Waals surface area contributed by atoms with Gasteiger partial charge in [0.25, 0.3) is 0 Å². The van der Waals surface area contributed by atoms with Crippen molar-refractivity contribution < 1.29 is 9.72 Å². The minimum atomic E-state index is -0.608. The standard InChI is InChI=1S/C13H16N2O3/c14-13(16)10-6-7-12(15(17)18)11(8-10)9-4-2-1-3-5-9/h1-5,10-12H,6-8H2,(H2,14,16). The molecule has 0 aromatic heterocycles. The summed E-state index contributed by atoms with van der Waals surface area (Å²) in [5.41, 5.74) is 6.24. The summed E-state index contributed by atoms with van der Waals surface area (Å²) >= 11 is 0. The first-order chi connectivity index (χ1) is 8.59. The lowest BCUT2D eigenvalue weighted by molar-refractivity contribution is -0.530. The van der Waals surface area contributed by atoms with Crippen molar-refractivity contribution in [1.29, 1.82) is 0 Å². The third kappa shape index (κ3) is 2.50. The molecule has 5 nitrogen and oxygen atoms in total. The Labute approximate surface area is 105 Å². The van der Waals surface area contributed by atoms with Crippen LogP contribution in [0.4, 0.5) is 0 Å². The molecule has 1 aromatic rings. The minimum absolute atomic E-state index is 0.215. The second-order valence-corrected chi connectivity index (χ2v) is 4.78. The Hall–Kier alpha value is -1.91. The highest BCUT2D eigenvalue weighted by Gasteiger charge is 2.40. The van der Waals surface area contributed by atoms with Gasteiger partial charge in [-0.3, -0.25) is 14.9 Å². The number of hydrogen-bond donors (Lipinski definition) is 1. The van der Waals surface area contributed by atoms with E-state index in [4.69, 9.17) is 5.73 Å². The van der Waals surface area contributed by atoms with Gasteiger partial charge < -0.3 is 5.73 Å². The molecule has 2 N–H and O–H groups in total. The fourth-order valence-corrected chi connectivity index (χ4v) is 2.72. The zero-order valence-corrected chi connectivity index (χ0v) is 9.99. The molecule has 1 amide bonds. The van der Waals surface area contributed by atoms with Crippen LogP contribution >= 0.6 is 0 Å². The van der Waals surface area contributed by atoms with Gasteiger partial charge in [-0.25, -0.2) is 0 Å². The molecule has 1 saturated carbocycles. The van der Waals surface area contributed by atoms with Crippen molar-refractivity contribution in [2.75, 3.05) is 0 Å². The van der Waals surface area contributed by atoms with Crippen LogP contribution in [-0.2, 0) is 4.79 Å². The smallest absolute Gasteiger partial charge is 0.220 e. The summed E-state index contributed by atoms with van der Waals surface area (Å²) in [7, 11) is 0. The van der Waals surface area contributed by atoms with E-state index in [1.54, 1.807) is 0 Å². The summed E-state index contributed by atoms with van der Waals surface area (Å²) in [6.07, 6.45) is 1.41. The van der Waals surface area contributed by atoms with E-state index in [2.05, 4.69) is 0 Å². The predicted molar refractivity (Wildman–Crippen MR) is 66.5 cm³/mol. The first kappa shape index (κ1) is 12.5. The summed E-state index contributed by atoms with van der Waals surface area (Å²) in [5.74, 6) is -0.809. The average molecular weight is 248 g/mol. The van der Waals surface area contributed by atoms with E-state index in [-0.39, 0.29) is 22.7 Å². The number of benzene rings is 1. The molecular weight excluding hydrogens is 232 g/mol. The van der Waals surface area contributed by atoms with Crippen LogP contribution in [0.25, 0.3) is 0 Å². The number of nitrogens with zero attached hydrogens (tertiary/aromatic N) is 1. The predicted octanol–water partition coefficient (Wildman–Crippen LogP) is 1.70. The molecule has 1 aromatic carbocycles. The molecule has 2 rings (SSSR count). The Bertz CT molecular complexity index is 447. The van der Waals surface area contributed by atoms with Crippen molar-refractivity contribution in [3.05, 3.63) is 46.0 Å². The van der Waals surface area contributed by atoms with Gasteiger partial charge >= 0.3 is 0 Å². The largest absolute Gasteiger partial charge is 0.369 e. The van der Waals surface area contributed by atoms with Gasteiger partial charge in [0.1, 0.15) is 0 Å². The van der Waals surface area contributed by atoms with Crippen molar-refractivity contribution >= 4 is 5.91 Å². The van der Waals surface area contributed by atoms with E-state index in [0.717, 1.165) is 5.56 Å². The lowest BCUT2D eigenvalue weighted by Gasteiger charge is -2.30. The molecule has 1 fully saturated rings. The van der Waals surface area contributed by atoms with Gasteiger partial charge in [0.15, 0.2) is 0 Å². The molecule has 0 saturated heterocycles. The second-order valence-electron chi connectivity index (χ2n) is 4.78. The molecule has 3 atom stereocenters. The fraction of sp³-hybridized carbons (Fsp3) is 0.462. The summed E-state index contributed by atoms with van der Waals surface area (Å²) in [6, 6.07) is 8.75. The van der Waals surface area contributed by atoms with E-state index >= 15 is 0 Å². The molecule has 18 heavy (non-hydrogen) atoms. The van der Waals surface area contributed by atoms with Gasteiger partial charge in [0.05, 0.1) is 5.92 Å².